The molecule has 1 heterocycles. The fourth-order valence-electron chi connectivity index (χ4n) is 2.96. The highest BCUT2D eigenvalue weighted by molar-refractivity contribution is 6.30. The van der Waals surface area contributed by atoms with Gasteiger partial charge in [0.2, 0.25) is 0 Å². The van der Waals surface area contributed by atoms with E-state index in [0.29, 0.717) is 11.6 Å². The van der Waals surface area contributed by atoms with Gasteiger partial charge in [-0.05, 0) is 36.4 Å². The molecule has 2 aromatic rings. The number of quaternary nitrogens is 1. The van der Waals surface area contributed by atoms with Gasteiger partial charge in [0, 0.05) is 22.8 Å². The SMILES string of the molecule is O=[N+]([O-])c1ccc(N2CC[NH+](CCOc3ccc(Cl)cc3)CC2)cc1. The molecule has 0 radical (unpaired) electrons. The molecular weight excluding hydrogens is 342 g/mol. The molecule has 0 aromatic heterocycles. The number of ether oxygens (including phenoxy) is 1. The van der Waals surface area contributed by atoms with Gasteiger partial charge in [0.05, 0.1) is 31.1 Å². The number of hydrogen-bond donors (Lipinski definition) is 1. The first-order chi connectivity index (χ1) is 12.1. The minimum absolute atomic E-state index is 0.132. The molecule has 0 aliphatic carbocycles. The quantitative estimate of drug-likeness (QED) is 0.631. The second-order valence-corrected chi connectivity index (χ2v) is 6.50. The fraction of sp³-hybridized carbons (Fsp3) is 0.333. The van der Waals surface area contributed by atoms with Gasteiger partial charge < -0.3 is 14.5 Å². The van der Waals surface area contributed by atoms with Crippen LogP contribution in [-0.2, 0) is 0 Å². The molecule has 3 rings (SSSR count). The molecule has 0 atom stereocenters. The Morgan fingerprint density at radius 3 is 2.32 bits per heavy atom. The zero-order valence-corrected chi connectivity index (χ0v) is 14.6. The summed E-state index contributed by atoms with van der Waals surface area (Å²) in [5.41, 5.74) is 1.18. The smallest absolute Gasteiger partial charge is 0.269 e. The molecule has 7 heteroatoms. The highest BCUT2D eigenvalue weighted by Gasteiger charge is 2.20. The highest BCUT2D eigenvalue weighted by atomic mass is 35.5. The third-order valence-electron chi connectivity index (χ3n) is 4.43. The van der Waals surface area contributed by atoms with Crippen LogP contribution in [0.4, 0.5) is 11.4 Å². The number of non-ortho nitro benzene ring substituents is 1. The van der Waals surface area contributed by atoms with E-state index in [1.165, 1.54) is 4.90 Å². The lowest BCUT2D eigenvalue weighted by Gasteiger charge is -2.33. The third kappa shape index (κ3) is 4.84. The Balaban J connectivity index is 1.42. The van der Waals surface area contributed by atoms with Crippen LogP contribution in [0.25, 0.3) is 0 Å². The van der Waals surface area contributed by atoms with E-state index in [-0.39, 0.29) is 10.6 Å². The topological polar surface area (TPSA) is 60.0 Å². The van der Waals surface area contributed by atoms with Crippen molar-refractivity contribution in [3.63, 3.8) is 0 Å². The van der Waals surface area contributed by atoms with Crippen molar-refractivity contribution in [1.29, 1.82) is 0 Å². The molecular formula is C18H21ClN3O3+. The monoisotopic (exact) mass is 362 g/mol. The van der Waals surface area contributed by atoms with E-state index < -0.39 is 0 Å². The lowest BCUT2D eigenvalue weighted by atomic mass is 10.2. The van der Waals surface area contributed by atoms with Gasteiger partial charge in [0.15, 0.2) is 0 Å². The van der Waals surface area contributed by atoms with Crippen LogP contribution in [0.3, 0.4) is 0 Å². The number of piperazine rings is 1. The van der Waals surface area contributed by atoms with Crippen LogP contribution in [0.1, 0.15) is 0 Å². The average Bonchev–Trinajstić information content (AvgIpc) is 2.64. The van der Waals surface area contributed by atoms with E-state index in [0.717, 1.165) is 44.2 Å². The first-order valence-electron chi connectivity index (χ1n) is 8.33. The van der Waals surface area contributed by atoms with E-state index in [1.807, 2.05) is 36.4 Å². The van der Waals surface area contributed by atoms with Crippen molar-refractivity contribution in [2.24, 2.45) is 0 Å². The first kappa shape index (κ1) is 17.5. The van der Waals surface area contributed by atoms with Gasteiger partial charge in [-0.2, -0.15) is 0 Å². The summed E-state index contributed by atoms with van der Waals surface area (Å²) < 4.78 is 5.75. The second-order valence-electron chi connectivity index (χ2n) is 6.06. The minimum atomic E-state index is -0.368. The van der Waals surface area contributed by atoms with Gasteiger partial charge in [0.1, 0.15) is 18.9 Å². The lowest BCUT2D eigenvalue weighted by molar-refractivity contribution is -0.900. The van der Waals surface area contributed by atoms with Gasteiger partial charge in [-0.3, -0.25) is 10.1 Å². The number of nitro benzene ring substituents is 1. The third-order valence-corrected chi connectivity index (χ3v) is 4.69. The number of halogens is 1. The molecule has 0 unspecified atom stereocenters. The maximum atomic E-state index is 10.7. The Hall–Kier alpha value is -2.31. The Morgan fingerprint density at radius 1 is 1.08 bits per heavy atom. The summed E-state index contributed by atoms with van der Waals surface area (Å²) in [4.78, 5) is 14.1. The molecule has 0 saturated carbocycles. The number of nitrogens with zero attached hydrogens (tertiary/aromatic N) is 2. The molecule has 6 nitrogen and oxygen atoms in total. The number of benzene rings is 2. The Morgan fingerprint density at radius 2 is 1.72 bits per heavy atom. The van der Waals surface area contributed by atoms with Crippen LogP contribution in [0.5, 0.6) is 5.75 Å². The van der Waals surface area contributed by atoms with E-state index in [1.54, 1.807) is 12.1 Å². The van der Waals surface area contributed by atoms with Gasteiger partial charge >= 0.3 is 0 Å². The van der Waals surface area contributed by atoms with Gasteiger partial charge in [0.25, 0.3) is 5.69 Å². The van der Waals surface area contributed by atoms with Crippen LogP contribution in [0, 0.1) is 10.1 Å². The molecule has 0 spiro atoms. The van der Waals surface area contributed by atoms with Crippen molar-refractivity contribution in [3.8, 4) is 5.75 Å². The van der Waals surface area contributed by atoms with E-state index >= 15 is 0 Å². The standard InChI is InChI=1S/C18H20ClN3O3/c19-15-1-7-18(8-2-15)25-14-13-20-9-11-21(12-10-20)16-3-5-17(6-4-16)22(23)24/h1-8H,9-14H2/p+1. The van der Waals surface area contributed by atoms with Crippen LogP contribution < -0.4 is 14.5 Å². The molecule has 2 aromatic carbocycles. The van der Waals surface area contributed by atoms with Gasteiger partial charge in [-0.25, -0.2) is 0 Å². The molecule has 1 fully saturated rings. The van der Waals surface area contributed by atoms with E-state index in [9.17, 15) is 10.1 Å². The van der Waals surface area contributed by atoms with Crippen molar-refractivity contribution < 1.29 is 14.6 Å². The maximum absolute atomic E-state index is 10.7. The Bertz CT molecular complexity index is 699. The van der Waals surface area contributed by atoms with Crippen molar-refractivity contribution in [2.75, 3.05) is 44.2 Å². The summed E-state index contributed by atoms with van der Waals surface area (Å²) in [5.74, 6) is 0.841. The van der Waals surface area contributed by atoms with Crippen molar-refractivity contribution in [3.05, 3.63) is 63.7 Å². The van der Waals surface area contributed by atoms with Gasteiger partial charge in [-0.15, -0.1) is 0 Å². The molecule has 1 saturated heterocycles. The summed E-state index contributed by atoms with van der Waals surface area (Å²) in [5, 5.41) is 11.4. The van der Waals surface area contributed by atoms with E-state index in [2.05, 4.69) is 4.90 Å². The molecule has 1 aliphatic rings. The number of hydrogen-bond acceptors (Lipinski definition) is 4. The largest absolute Gasteiger partial charge is 0.488 e. The van der Waals surface area contributed by atoms with Gasteiger partial charge in [-0.1, -0.05) is 11.6 Å². The van der Waals surface area contributed by atoms with Crippen LogP contribution >= 0.6 is 11.6 Å². The number of nitro groups is 1. The molecule has 0 amide bonds. The summed E-state index contributed by atoms with van der Waals surface area (Å²) >= 11 is 5.86. The second kappa shape index (κ2) is 8.18. The molecule has 1 aliphatic heterocycles. The van der Waals surface area contributed by atoms with Crippen molar-refractivity contribution in [1.82, 2.24) is 0 Å². The molecule has 1 N–H and O–H groups in total. The summed E-state index contributed by atoms with van der Waals surface area (Å²) in [7, 11) is 0. The zero-order chi connectivity index (χ0) is 17.6. The average molecular weight is 363 g/mol. The predicted molar refractivity (Wildman–Crippen MR) is 97.8 cm³/mol. The normalized spacial score (nSPS) is 15.2. The molecule has 25 heavy (non-hydrogen) atoms. The summed E-state index contributed by atoms with van der Waals surface area (Å²) in [6.45, 7) is 5.56. The predicted octanol–water partition coefficient (Wildman–Crippen LogP) is 2.03. The van der Waals surface area contributed by atoms with Crippen LogP contribution in [-0.4, -0.2) is 44.3 Å². The highest BCUT2D eigenvalue weighted by Crippen LogP contribution is 2.19. The number of nitrogens with one attached hydrogen (secondary N) is 1. The Labute approximate surface area is 151 Å². The lowest BCUT2D eigenvalue weighted by Crippen LogP contribution is -3.15. The van der Waals surface area contributed by atoms with Crippen molar-refractivity contribution in [2.45, 2.75) is 0 Å². The Kier molecular flexibility index (Phi) is 5.73. The number of anilines is 1. The minimum Gasteiger partial charge on any atom is -0.488 e. The van der Waals surface area contributed by atoms with Crippen LogP contribution in [0.15, 0.2) is 48.5 Å². The first-order valence-corrected chi connectivity index (χ1v) is 8.71. The molecule has 132 valence electrons. The van der Waals surface area contributed by atoms with Crippen molar-refractivity contribution >= 4 is 23.0 Å². The fourth-order valence-corrected chi connectivity index (χ4v) is 3.09. The van der Waals surface area contributed by atoms with E-state index in [4.69, 9.17) is 16.3 Å². The molecule has 0 bridgehead atoms. The maximum Gasteiger partial charge on any atom is 0.269 e. The number of rotatable bonds is 6. The summed E-state index contributed by atoms with van der Waals surface area (Å²) in [6, 6.07) is 14.2. The zero-order valence-electron chi connectivity index (χ0n) is 13.9. The van der Waals surface area contributed by atoms with Crippen LogP contribution in [0.2, 0.25) is 5.02 Å². The summed E-state index contributed by atoms with van der Waals surface area (Å²) in [6.07, 6.45) is 0.